The number of rotatable bonds is 7. The van der Waals surface area contributed by atoms with Crippen molar-refractivity contribution in [2.75, 3.05) is 31.3 Å². The minimum Gasteiger partial charge on any atom is -0.381 e. The van der Waals surface area contributed by atoms with Gasteiger partial charge in [0.1, 0.15) is 0 Å². The lowest BCUT2D eigenvalue weighted by Crippen LogP contribution is -2.17. The van der Waals surface area contributed by atoms with Gasteiger partial charge in [-0.05, 0) is 11.8 Å². The summed E-state index contributed by atoms with van der Waals surface area (Å²) in [4.78, 5) is 0. The Morgan fingerprint density at radius 1 is 1.29 bits per heavy atom. The highest BCUT2D eigenvalue weighted by atomic mass is 32.2. The fourth-order valence-corrected chi connectivity index (χ4v) is 1.84. The number of ether oxygens (including phenoxy) is 1. The molecule has 0 fully saturated rings. The fraction of sp³-hybridized carbons (Fsp3) is 1.00. The molecule has 14 heavy (non-hydrogen) atoms. The average Bonchev–Trinajstić information content (AvgIpc) is 2.02. The van der Waals surface area contributed by atoms with E-state index in [0.29, 0.717) is 24.7 Å². The van der Waals surface area contributed by atoms with Gasteiger partial charge >= 0.3 is 0 Å². The van der Waals surface area contributed by atoms with Crippen LogP contribution in [0.4, 0.5) is 0 Å². The lowest BCUT2D eigenvalue weighted by Gasteiger charge is -2.17. The van der Waals surface area contributed by atoms with E-state index in [9.17, 15) is 4.21 Å². The van der Waals surface area contributed by atoms with Crippen molar-refractivity contribution in [1.82, 2.24) is 0 Å². The summed E-state index contributed by atoms with van der Waals surface area (Å²) in [5.41, 5.74) is 5.51. The Morgan fingerprint density at radius 2 is 1.93 bits per heavy atom. The standard InChI is InChI=1S/C10H23NO2S/c1-10(2,3)9-13-6-4-7-14(12)8-5-11/h4-9,11H2,1-3H3. The molecular formula is C10H23NO2S. The Hall–Kier alpha value is 0.0700. The third-order valence-electron chi connectivity index (χ3n) is 1.54. The first-order valence-electron chi connectivity index (χ1n) is 5.08. The van der Waals surface area contributed by atoms with Crippen LogP contribution in [-0.4, -0.2) is 35.5 Å². The van der Waals surface area contributed by atoms with Crippen molar-refractivity contribution in [1.29, 1.82) is 0 Å². The van der Waals surface area contributed by atoms with Crippen LogP contribution in [0.1, 0.15) is 27.2 Å². The summed E-state index contributed by atoms with van der Waals surface area (Å²) in [6.45, 7) is 8.39. The van der Waals surface area contributed by atoms with E-state index in [-0.39, 0.29) is 5.41 Å². The predicted molar refractivity (Wildman–Crippen MR) is 61.8 cm³/mol. The van der Waals surface area contributed by atoms with Crippen molar-refractivity contribution < 1.29 is 8.95 Å². The summed E-state index contributed by atoms with van der Waals surface area (Å²) in [6.07, 6.45) is 0.864. The molecule has 1 atom stereocenters. The molecule has 0 radical (unpaired) electrons. The van der Waals surface area contributed by atoms with Crippen LogP contribution >= 0.6 is 0 Å². The summed E-state index contributed by atoms with van der Waals surface area (Å²) >= 11 is 0. The van der Waals surface area contributed by atoms with Gasteiger partial charge in [0.25, 0.3) is 0 Å². The zero-order valence-electron chi connectivity index (χ0n) is 9.54. The van der Waals surface area contributed by atoms with Crippen LogP contribution in [0.25, 0.3) is 0 Å². The fourth-order valence-electron chi connectivity index (χ4n) is 0.934. The molecule has 3 nitrogen and oxygen atoms in total. The molecular weight excluding hydrogens is 198 g/mol. The highest BCUT2D eigenvalue weighted by Gasteiger charge is 2.09. The van der Waals surface area contributed by atoms with Gasteiger partial charge < -0.3 is 10.5 Å². The van der Waals surface area contributed by atoms with Crippen molar-refractivity contribution in [2.45, 2.75) is 27.2 Å². The first kappa shape index (κ1) is 14.1. The van der Waals surface area contributed by atoms with Crippen LogP contribution in [0.5, 0.6) is 0 Å². The Labute approximate surface area is 89.9 Å². The Morgan fingerprint density at radius 3 is 2.43 bits per heavy atom. The molecule has 0 heterocycles. The van der Waals surface area contributed by atoms with Gasteiger partial charge in [0, 0.05) is 35.5 Å². The van der Waals surface area contributed by atoms with Crippen LogP contribution in [0.2, 0.25) is 0 Å². The van der Waals surface area contributed by atoms with Crippen LogP contribution < -0.4 is 5.73 Å². The van der Waals surface area contributed by atoms with E-state index in [4.69, 9.17) is 10.5 Å². The summed E-state index contributed by atoms with van der Waals surface area (Å²) < 4.78 is 16.6. The third kappa shape index (κ3) is 10.2. The lowest BCUT2D eigenvalue weighted by molar-refractivity contribution is 0.0721. The minimum absolute atomic E-state index is 0.219. The molecule has 0 aliphatic heterocycles. The van der Waals surface area contributed by atoms with E-state index in [1.165, 1.54) is 0 Å². The highest BCUT2D eigenvalue weighted by Crippen LogP contribution is 2.12. The molecule has 0 aromatic carbocycles. The van der Waals surface area contributed by atoms with Gasteiger partial charge in [0.15, 0.2) is 0 Å². The Kier molecular flexibility index (Phi) is 7.41. The Bertz CT molecular complexity index is 166. The topological polar surface area (TPSA) is 52.3 Å². The SMILES string of the molecule is CC(C)(C)COCCCS(=O)CCN. The summed E-state index contributed by atoms with van der Waals surface area (Å²) in [5, 5.41) is 0. The monoisotopic (exact) mass is 221 g/mol. The molecule has 0 aromatic rings. The van der Waals surface area contributed by atoms with Crippen molar-refractivity contribution in [3.63, 3.8) is 0 Å². The van der Waals surface area contributed by atoms with Crippen LogP contribution in [0.15, 0.2) is 0 Å². The van der Waals surface area contributed by atoms with E-state index in [1.54, 1.807) is 0 Å². The maximum Gasteiger partial charge on any atom is 0.0514 e. The van der Waals surface area contributed by atoms with Gasteiger partial charge in [-0.25, -0.2) is 0 Å². The number of hydrogen-bond acceptors (Lipinski definition) is 3. The molecule has 0 aliphatic rings. The first-order chi connectivity index (χ1) is 6.45. The maximum atomic E-state index is 11.2. The van der Waals surface area contributed by atoms with Gasteiger partial charge in [-0.3, -0.25) is 4.21 Å². The summed E-state index contributed by atoms with van der Waals surface area (Å²) in [5.74, 6) is 1.32. The quantitative estimate of drug-likeness (QED) is 0.656. The summed E-state index contributed by atoms with van der Waals surface area (Å²) in [7, 11) is -0.750. The normalized spacial score (nSPS) is 14.3. The van der Waals surface area contributed by atoms with Gasteiger partial charge in [0.2, 0.25) is 0 Å². The van der Waals surface area contributed by atoms with Crippen LogP contribution in [-0.2, 0) is 15.5 Å². The molecule has 2 N–H and O–H groups in total. The van der Waals surface area contributed by atoms with Crippen molar-refractivity contribution in [3.8, 4) is 0 Å². The zero-order chi connectivity index (χ0) is 11.0. The van der Waals surface area contributed by atoms with Crippen molar-refractivity contribution >= 4 is 10.8 Å². The number of nitrogens with two attached hydrogens (primary N) is 1. The van der Waals surface area contributed by atoms with E-state index in [1.807, 2.05) is 0 Å². The largest absolute Gasteiger partial charge is 0.381 e. The second-order valence-corrected chi connectivity index (χ2v) is 6.30. The van der Waals surface area contributed by atoms with Gasteiger partial charge in [-0.2, -0.15) is 0 Å². The molecule has 1 unspecified atom stereocenters. The van der Waals surface area contributed by atoms with Gasteiger partial charge in [0.05, 0.1) is 6.61 Å². The molecule has 0 saturated heterocycles. The van der Waals surface area contributed by atoms with Crippen LogP contribution in [0.3, 0.4) is 0 Å². The first-order valence-corrected chi connectivity index (χ1v) is 6.57. The van der Waals surface area contributed by atoms with E-state index >= 15 is 0 Å². The van der Waals surface area contributed by atoms with E-state index in [2.05, 4.69) is 20.8 Å². The molecule has 0 aromatic heterocycles. The minimum atomic E-state index is -0.750. The number of hydrogen-bond donors (Lipinski definition) is 1. The molecule has 0 rings (SSSR count). The van der Waals surface area contributed by atoms with Crippen molar-refractivity contribution in [3.05, 3.63) is 0 Å². The zero-order valence-corrected chi connectivity index (χ0v) is 10.4. The van der Waals surface area contributed by atoms with Crippen molar-refractivity contribution in [2.24, 2.45) is 11.1 Å². The average molecular weight is 221 g/mol. The van der Waals surface area contributed by atoms with E-state index < -0.39 is 10.8 Å². The molecule has 0 saturated carbocycles. The Balaban J connectivity index is 3.26. The highest BCUT2D eigenvalue weighted by molar-refractivity contribution is 7.84. The van der Waals surface area contributed by atoms with Gasteiger partial charge in [-0.1, -0.05) is 20.8 Å². The summed E-state index contributed by atoms with van der Waals surface area (Å²) in [6, 6.07) is 0. The molecule has 86 valence electrons. The third-order valence-corrected chi connectivity index (χ3v) is 2.98. The predicted octanol–water partition coefficient (Wildman–Crippen LogP) is 1.15. The van der Waals surface area contributed by atoms with Gasteiger partial charge in [-0.15, -0.1) is 0 Å². The van der Waals surface area contributed by atoms with Crippen LogP contribution in [0, 0.1) is 5.41 Å². The molecule has 0 aliphatic carbocycles. The lowest BCUT2D eigenvalue weighted by atomic mass is 9.99. The molecule has 4 heteroatoms. The molecule has 0 amide bonds. The second kappa shape index (κ2) is 7.37. The second-order valence-electron chi connectivity index (χ2n) is 4.60. The van der Waals surface area contributed by atoms with E-state index in [0.717, 1.165) is 13.0 Å². The molecule has 0 bridgehead atoms. The smallest absolute Gasteiger partial charge is 0.0514 e. The molecule has 0 spiro atoms. The maximum absolute atomic E-state index is 11.2.